The minimum atomic E-state index is -1.44. The van der Waals surface area contributed by atoms with Crippen molar-refractivity contribution in [2.24, 2.45) is 11.7 Å². The first-order valence-corrected chi connectivity index (χ1v) is 14.5. The molecule has 12 nitrogen and oxygen atoms in total. The van der Waals surface area contributed by atoms with Crippen LogP contribution < -0.4 is 16.4 Å². The molecule has 2 aromatic rings. The van der Waals surface area contributed by atoms with E-state index < -0.39 is 66.4 Å². The molecule has 44 heavy (non-hydrogen) atoms. The Balaban J connectivity index is 2.22. The van der Waals surface area contributed by atoms with E-state index in [2.05, 4.69) is 10.6 Å². The third kappa shape index (κ3) is 11.8. The number of carbonyl (C=O) groups is 5. The Hall–Kier alpha value is -4.29. The first-order valence-electron chi connectivity index (χ1n) is 14.5. The number of rotatable bonds is 18. The van der Waals surface area contributed by atoms with E-state index in [-0.39, 0.29) is 31.8 Å². The zero-order valence-electron chi connectivity index (χ0n) is 25.6. The van der Waals surface area contributed by atoms with Crippen molar-refractivity contribution in [1.29, 1.82) is 0 Å². The number of carboxylic acid groups (broad SMARTS) is 1. The van der Waals surface area contributed by atoms with Crippen LogP contribution >= 0.6 is 0 Å². The van der Waals surface area contributed by atoms with E-state index in [4.69, 9.17) is 10.5 Å². The first-order chi connectivity index (χ1) is 20.8. The number of amides is 4. The van der Waals surface area contributed by atoms with Crippen molar-refractivity contribution in [2.75, 3.05) is 7.05 Å². The minimum absolute atomic E-state index is 0.118. The molecule has 0 aromatic heterocycles. The Morgan fingerprint density at radius 2 is 1.45 bits per heavy atom. The molecule has 0 saturated heterocycles. The van der Waals surface area contributed by atoms with Gasteiger partial charge >= 0.3 is 5.97 Å². The number of hydrogen-bond acceptors (Lipinski definition) is 7. The second-order valence-corrected chi connectivity index (χ2v) is 11.1. The van der Waals surface area contributed by atoms with E-state index >= 15 is 0 Å². The molecule has 0 saturated carbocycles. The summed E-state index contributed by atoms with van der Waals surface area (Å²) >= 11 is 0. The van der Waals surface area contributed by atoms with Gasteiger partial charge < -0.3 is 36.2 Å². The van der Waals surface area contributed by atoms with Crippen molar-refractivity contribution in [1.82, 2.24) is 15.5 Å². The van der Waals surface area contributed by atoms with E-state index in [1.807, 2.05) is 30.3 Å². The summed E-state index contributed by atoms with van der Waals surface area (Å²) < 4.78 is 5.69. The number of aliphatic hydroxyl groups excluding tert-OH is 1. The predicted octanol–water partition coefficient (Wildman–Crippen LogP) is 1.39. The van der Waals surface area contributed by atoms with Crippen molar-refractivity contribution in [3.05, 3.63) is 71.8 Å². The predicted molar refractivity (Wildman–Crippen MR) is 163 cm³/mol. The summed E-state index contributed by atoms with van der Waals surface area (Å²) in [5, 5.41) is 25.3. The summed E-state index contributed by atoms with van der Waals surface area (Å²) in [6.07, 6.45) is -3.17. The van der Waals surface area contributed by atoms with Crippen molar-refractivity contribution < 1.29 is 38.9 Å². The van der Waals surface area contributed by atoms with Gasteiger partial charge in [-0.2, -0.15) is 0 Å². The lowest BCUT2D eigenvalue weighted by Gasteiger charge is -2.34. The Morgan fingerprint density at radius 1 is 0.886 bits per heavy atom. The number of aliphatic carboxylic acids is 1. The molecule has 0 aliphatic carbocycles. The Bertz CT molecular complexity index is 1240. The zero-order chi connectivity index (χ0) is 32.8. The van der Waals surface area contributed by atoms with E-state index in [0.29, 0.717) is 0 Å². The van der Waals surface area contributed by atoms with Crippen molar-refractivity contribution in [3.8, 4) is 0 Å². The van der Waals surface area contributed by atoms with Crippen LogP contribution in [0, 0.1) is 5.92 Å². The van der Waals surface area contributed by atoms with Crippen LogP contribution in [0.15, 0.2) is 60.7 Å². The normalized spacial score (nSPS) is 14.5. The van der Waals surface area contributed by atoms with Gasteiger partial charge in [0.05, 0.1) is 25.2 Å². The fraction of sp³-hybridized carbons (Fsp3) is 0.469. The quantitative estimate of drug-likeness (QED) is 0.167. The van der Waals surface area contributed by atoms with Crippen LogP contribution in [0.1, 0.15) is 51.2 Å². The zero-order valence-corrected chi connectivity index (χ0v) is 25.6. The molecule has 0 radical (unpaired) electrons. The molecule has 0 fully saturated rings. The Labute approximate surface area is 257 Å². The lowest BCUT2D eigenvalue weighted by molar-refractivity contribution is -0.145. The molecule has 0 heterocycles. The SMILES string of the molecule is CC(C)[C@H](NC(=O)[C@H](C)OCc1ccccc1)C(=O)N(C)[C@@H](CCC(N)=O)C(=O)N[C@@H](Cc1ccccc1)[C@@H](O)CC(=O)O. The highest BCUT2D eigenvalue weighted by molar-refractivity contribution is 5.93. The molecule has 2 rings (SSSR count). The number of nitrogens with zero attached hydrogens (tertiary/aromatic N) is 1. The van der Waals surface area contributed by atoms with Crippen molar-refractivity contribution >= 4 is 29.6 Å². The highest BCUT2D eigenvalue weighted by Gasteiger charge is 2.36. The molecule has 12 heteroatoms. The third-order valence-corrected chi connectivity index (χ3v) is 7.20. The Morgan fingerprint density at radius 3 is 1.98 bits per heavy atom. The molecule has 6 N–H and O–H groups in total. The summed E-state index contributed by atoms with van der Waals surface area (Å²) in [6, 6.07) is 14.9. The van der Waals surface area contributed by atoms with Crippen molar-refractivity contribution in [3.63, 3.8) is 0 Å². The average Bonchev–Trinajstić information content (AvgIpc) is 2.98. The molecule has 0 aliphatic heterocycles. The van der Waals surface area contributed by atoms with Gasteiger partial charge in [-0.1, -0.05) is 74.5 Å². The summed E-state index contributed by atoms with van der Waals surface area (Å²) in [7, 11) is 1.38. The molecule has 2 aromatic carbocycles. The number of primary amides is 1. The highest BCUT2D eigenvalue weighted by atomic mass is 16.5. The first kappa shape index (κ1) is 35.9. The second kappa shape index (κ2) is 17.7. The monoisotopic (exact) mass is 612 g/mol. The van der Waals surface area contributed by atoms with Crippen LogP contribution in [-0.4, -0.2) is 82.1 Å². The van der Waals surface area contributed by atoms with Gasteiger partial charge in [-0.25, -0.2) is 0 Å². The highest BCUT2D eigenvalue weighted by Crippen LogP contribution is 2.15. The maximum absolute atomic E-state index is 13.7. The molecular formula is C32H44N4O8. The number of aliphatic hydroxyl groups is 1. The van der Waals surface area contributed by atoms with E-state index in [1.54, 1.807) is 51.1 Å². The number of nitrogens with one attached hydrogen (secondary N) is 2. The average molecular weight is 613 g/mol. The van der Waals surface area contributed by atoms with Gasteiger partial charge in [-0.05, 0) is 36.8 Å². The minimum Gasteiger partial charge on any atom is -0.481 e. The van der Waals surface area contributed by atoms with Gasteiger partial charge in [0.2, 0.25) is 23.6 Å². The fourth-order valence-corrected chi connectivity index (χ4v) is 4.56. The van der Waals surface area contributed by atoms with Gasteiger partial charge in [0, 0.05) is 13.5 Å². The van der Waals surface area contributed by atoms with Crippen LogP contribution in [0.5, 0.6) is 0 Å². The number of nitrogens with two attached hydrogens (primary N) is 1. The number of carboxylic acids is 1. The molecule has 4 amide bonds. The summed E-state index contributed by atoms with van der Waals surface area (Å²) in [4.78, 5) is 64.4. The number of likely N-dealkylation sites (N-methyl/N-ethyl adjacent to an activating group) is 1. The lowest BCUT2D eigenvalue weighted by atomic mass is 9.97. The molecule has 5 atom stereocenters. The summed E-state index contributed by atoms with van der Waals surface area (Å²) in [5.74, 6) is -4.12. The Kier molecular flexibility index (Phi) is 14.5. The third-order valence-electron chi connectivity index (χ3n) is 7.20. The molecule has 0 bridgehead atoms. The fourth-order valence-electron chi connectivity index (χ4n) is 4.56. The molecule has 240 valence electrons. The van der Waals surface area contributed by atoms with Crippen LogP contribution in [0.4, 0.5) is 0 Å². The maximum Gasteiger partial charge on any atom is 0.306 e. The van der Waals surface area contributed by atoms with Crippen molar-refractivity contribution in [2.45, 2.75) is 83.4 Å². The van der Waals surface area contributed by atoms with Gasteiger partial charge in [0.15, 0.2) is 0 Å². The van der Waals surface area contributed by atoms with Gasteiger partial charge in [0.25, 0.3) is 0 Å². The van der Waals surface area contributed by atoms with E-state index in [1.165, 1.54) is 7.05 Å². The van der Waals surface area contributed by atoms with Gasteiger partial charge in [-0.15, -0.1) is 0 Å². The van der Waals surface area contributed by atoms with Crippen LogP contribution in [-0.2, 0) is 41.7 Å². The topological polar surface area (TPSA) is 188 Å². The second-order valence-electron chi connectivity index (χ2n) is 11.1. The summed E-state index contributed by atoms with van der Waals surface area (Å²) in [5.41, 5.74) is 6.97. The number of ether oxygens (including phenoxy) is 1. The van der Waals surface area contributed by atoms with E-state index in [0.717, 1.165) is 16.0 Å². The number of benzene rings is 2. The summed E-state index contributed by atoms with van der Waals surface area (Å²) in [6.45, 7) is 5.25. The van der Waals surface area contributed by atoms with E-state index in [9.17, 15) is 34.2 Å². The molecule has 0 unspecified atom stereocenters. The number of carbonyl (C=O) groups excluding carboxylic acids is 4. The van der Waals surface area contributed by atoms with Crippen LogP contribution in [0.3, 0.4) is 0 Å². The van der Waals surface area contributed by atoms with Crippen LogP contribution in [0.25, 0.3) is 0 Å². The maximum atomic E-state index is 13.7. The molecule has 0 aliphatic rings. The standard InChI is InChI=1S/C32H44N4O8/c1-20(2)29(35-30(41)21(3)44-19-23-13-9-6-10-14-23)32(43)36(4)25(15-16-27(33)38)31(42)34-24(26(37)18-28(39)40)17-22-11-7-5-8-12-22/h5-14,20-21,24-26,29,37H,15-19H2,1-4H3,(H2,33,38)(H,34,42)(H,35,41)(H,39,40)/t21-,24-,25-,26-,29-/m0/s1. The van der Waals surface area contributed by atoms with Gasteiger partial charge in [-0.3, -0.25) is 24.0 Å². The molecular weight excluding hydrogens is 568 g/mol. The lowest BCUT2D eigenvalue weighted by Crippen LogP contribution is -2.58. The molecule has 0 spiro atoms. The largest absolute Gasteiger partial charge is 0.481 e. The van der Waals surface area contributed by atoms with Crippen LogP contribution in [0.2, 0.25) is 0 Å². The van der Waals surface area contributed by atoms with Gasteiger partial charge in [0.1, 0.15) is 18.2 Å². The number of hydrogen-bond donors (Lipinski definition) is 5. The smallest absolute Gasteiger partial charge is 0.306 e.